The van der Waals surface area contributed by atoms with Crippen molar-refractivity contribution in [1.82, 2.24) is 4.90 Å². The third-order valence-corrected chi connectivity index (χ3v) is 6.24. The third-order valence-electron chi connectivity index (χ3n) is 5.20. The highest BCUT2D eigenvalue weighted by atomic mass is 32.2. The Morgan fingerprint density at radius 1 is 1.10 bits per heavy atom. The number of benzene rings is 2. The monoisotopic (exact) mass is 422 g/mol. The minimum atomic E-state index is -0.142. The number of amides is 1. The van der Waals surface area contributed by atoms with Crippen molar-refractivity contribution in [2.45, 2.75) is 26.5 Å². The molecule has 0 aliphatic carbocycles. The Morgan fingerprint density at radius 3 is 2.47 bits per heavy atom. The average Bonchev–Trinajstić information content (AvgIpc) is 3.11. The topological polar surface area (TPSA) is 46.3 Å². The van der Waals surface area contributed by atoms with Crippen molar-refractivity contribution < 1.29 is 14.4 Å². The Morgan fingerprint density at radius 2 is 1.80 bits per heavy atom. The van der Waals surface area contributed by atoms with Gasteiger partial charge in [0.25, 0.3) is 5.91 Å². The van der Waals surface area contributed by atoms with Crippen LogP contribution >= 0.6 is 11.8 Å². The van der Waals surface area contributed by atoms with Crippen molar-refractivity contribution in [2.24, 2.45) is 4.99 Å². The summed E-state index contributed by atoms with van der Waals surface area (Å²) in [5.74, 6) is 0.696. The Hall–Kier alpha value is -2.57. The van der Waals surface area contributed by atoms with E-state index in [9.17, 15) is 4.79 Å². The van der Waals surface area contributed by atoms with Crippen molar-refractivity contribution in [3.63, 3.8) is 0 Å². The molecule has 30 heavy (non-hydrogen) atoms. The molecule has 2 aromatic rings. The predicted octanol–water partition coefficient (Wildman–Crippen LogP) is 2.84. The highest BCUT2D eigenvalue weighted by molar-refractivity contribution is 8.18. The van der Waals surface area contributed by atoms with Gasteiger partial charge in [-0.25, -0.2) is 0 Å². The molecule has 2 heterocycles. The Labute approximate surface area is 182 Å². The number of carbonyl (C=O) groups is 1. The van der Waals surface area contributed by atoms with Gasteiger partial charge in [0.2, 0.25) is 0 Å². The van der Waals surface area contributed by atoms with Crippen molar-refractivity contribution in [3.05, 3.63) is 70.6 Å². The fourth-order valence-corrected chi connectivity index (χ4v) is 4.64. The van der Waals surface area contributed by atoms with Crippen LogP contribution in [0.3, 0.4) is 0 Å². The van der Waals surface area contributed by atoms with Crippen molar-refractivity contribution in [2.75, 3.05) is 26.2 Å². The molecular formula is C24H28N3O2S+. The number of carbonyl (C=O) groups excluding carboxylic acids is 1. The number of nitrogens with one attached hydrogen (secondary N) is 1. The van der Waals surface area contributed by atoms with Gasteiger partial charge in [0, 0.05) is 5.56 Å². The van der Waals surface area contributed by atoms with E-state index < -0.39 is 0 Å². The molecule has 2 aromatic carbocycles. The van der Waals surface area contributed by atoms with E-state index >= 15 is 0 Å². The maximum atomic E-state index is 12.4. The van der Waals surface area contributed by atoms with Gasteiger partial charge >= 0.3 is 0 Å². The summed E-state index contributed by atoms with van der Waals surface area (Å²) in [6, 6.07) is 18.5. The lowest BCUT2D eigenvalue weighted by Gasteiger charge is -2.32. The van der Waals surface area contributed by atoms with Gasteiger partial charge in [-0.1, -0.05) is 42.5 Å². The first-order valence-corrected chi connectivity index (χ1v) is 11.3. The summed E-state index contributed by atoms with van der Waals surface area (Å²) in [7, 11) is 0. The first-order valence-electron chi connectivity index (χ1n) is 10.5. The predicted molar refractivity (Wildman–Crippen MR) is 123 cm³/mol. The molecule has 4 rings (SSSR count). The Bertz CT molecular complexity index is 931. The maximum absolute atomic E-state index is 12.4. The molecule has 0 spiro atoms. The summed E-state index contributed by atoms with van der Waals surface area (Å²) in [5, 5.41) is 0.838. The molecule has 0 saturated carbocycles. The summed E-state index contributed by atoms with van der Waals surface area (Å²) >= 11 is 1.49. The van der Waals surface area contributed by atoms with Crippen LogP contribution in [0, 0.1) is 0 Å². The third kappa shape index (κ3) is 5.32. The van der Waals surface area contributed by atoms with E-state index in [0.717, 1.165) is 49.2 Å². The highest BCUT2D eigenvalue weighted by Crippen LogP contribution is 2.30. The first-order chi connectivity index (χ1) is 14.6. The number of thioether (sulfide) groups is 1. The van der Waals surface area contributed by atoms with Crippen LogP contribution in [0.15, 0.2) is 64.5 Å². The summed E-state index contributed by atoms with van der Waals surface area (Å²) in [4.78, 5) is 21.2. The van der Waals surface area contributed by atoms with Gasteiger partial charge in [-0.05, 0) is 49.4 Å². The molecule has 0 bridgehead atoms. The molecule has 5 nitrogen and oxygen atoms in total. The minimum absolute atomic E-state index is 0.142. The van der Waals surface area contributed by atoms with Gasteiger partial charge in [-0.15, -0.1) is 0 Å². The number of rotatable bonds is 5. The number of piperazine rings is 1. The van der Waals surface area contributed by atoms with Gasteiger partial charge in [-0.3, -0.25) is 4.79 Å². The van der Waals surface area contributed by atoms with Crippen molar-refractivity contribution in [1.29, 1.82) is 0 Å². The van der Waals surface area contributed by atoms with Crippen LogP contribution in [0.25, 0.3) is 6.08 Å². The second-order valence-corrected chi connectivity index (χ2v) is 8.95. The van der Waals surface area contributed by atoms with Gasteiger partial charge in [0.05, 0.1) is 37.2 Å². The number of nitrogens with zero attached hydrogens (tertiary/aromatic N) is 2. The lowest BCUT2D eigenvalue weighted by atomic mass is 10.2. The molecule has 0 unspecified atom stereocenters. The number of hydrogen-bond acceptors (Lipinski definition) is 4. The van der Waals surface area contributed by atoms with Gasteiger partial charge in [0.15, 0.2) is 5.17 Å². The number of quaternary nitrogens is 1. The lowest BCUT2D eigenvalue weighted by molar-refractivity contribution is -0.917. The molecule has 0 aromatic heterocycles. The second kappa shape index (κ2) is 9.49. The van der Waals surface area contributed by atoms with E-state index in [4.69, 9.17) is 4.74 Å². The van der Waals surface area contributed by atoms with E-state index in [2.05, 4.69) is 40.2 Å². The molecular weight excluding hydrogens is 394 g/mol. The van der Waals surface area contributed by atoms with Crippen LogP contribution in [-0.4, -0.2) is 48.3 Å². The molecule has 0 atom stereocenters. The van der Waals surface area contributed by atoms with Crippen molar-refractivity contribution in [3.8, 4) is 5.75 Å². The van der Waals surface area contributed by atoms with Gasteiger partial charge in [0.1, 0.15) is 12.3 Å². The fraction of sp³-hybridized carbons (Fsp3) is 0.333. The summed E-state index contributed by atoms with van der Waals surface area (Å²) < 4.78 is 5.68. The fourth-order valence-electron chi connectivity index (χ4n) is 3.67. The molecule has 1 saturated heterocycles. The second-order valence-electron chi connectivity index (χ2n) is 7.95. The largest absolute Gasteiger partial charge is 0.491 e. The average molecular weight is 423 g/mol. The zero-order valence-corrected chi connectivity index (χ0v) is 18.3. The Kier molecular flexibility index (Phi) is 6.55. The van der Waals surface area contributed by atoms with Crippen LogP contribution in [-0.2, 0) is 11.3 Å². The van der Waals surface area contributed by atoms with Crippen LogP contribution in [0.5, 0.6) is 5.75 Å². The van der Waals surface area contributed by atoms with Crippen LogP contribution in [0.4, 0.5) is 0 Å². The van der Waals surface area contributed by atoms with E-state index in [1.165, 1.54) is 17.3 Å². The molecule has 156 valence electrons. The SMILES string of the molecule is CC(C)Oc1ccc(/C=C2/SC(N3CC[NH+](Cc4ccccc4)CC3)=NC2=O)cc1. The number of ether oxygens (including phenoxy) is 1. The van der Waals surface area contributed by atoms with E-state index in [1.807, 2.05) is 44.2 Å². The summed E-state index contributed by atoms with van der Waals surface area (Å²) in [5.41, 5.74) is 2.36. The zero-order chi connectivity index (χ0) is 20.9. The number of amidine groups is 1. The van der Waals surface area contributed by atoms with Gasteiger partial charge < -0.3 is 14.5 Å². The standard InChI is InChI=1S/C24H27N3O2S/c1-18(2)29-21-10-8-19(9-11-21)16-22-23(28)25-24(30-22)27-14-12-26(13-15-27)17-20-6-4-3-5-7-20/h3-11,16,18H,12-15,17H2,1-2H3/p+1/b22-16+. The molecule has 1 N–H and O–H groups in total. The normalized spacial score (nSPS) is 18.9. The lowest BCUT2D eigenvalue weighted by Crippen LogP contribution is -3.13. The molecule has 1 fully saturated rings. The van der Waals surface area contributed by atoms with Gasteiger partial charge in [-0.2, -0.15) is 4.99 Å². The molecule has 2 aliphatic rings. The van der Waals surface area contributed by atoms with Crippen molar-refractivity contribution >= 4 is 28.9 Å². The molecule has 0 radical (unpaired) electrons. The first kappa shape index (κ1) is 20.7. The van der Waals surface area contributed by atoms with E-state index in [0.29, 0.717) is 4.91 Å². The van der Waals surface area contributed by atoms with Crippen LogP contribution in [0.2, 0.25) is 0 Å². The molecule has 2 aliphatic heterocycles. The molecule has 6 heteroatoms. The number of hydrogen-bond donors (Lipinski definition) is 1. The summed E-state index contributed by atoms with van der Waals surface area (Å²) in [6.07, 6.45) is 2.06. The zero-order valence-electron chi connectivity index (χ0n) is 17.5. The smallest absolute Gasteiger partial charge is 0.286 e. The summed E-state index contributed by atoms with van der Waals surface area (Å²) in [6.45, 7) is 9.02. The van der Waals surface area contributed by atoms with E-state index in [1.54, 1.807) is 4.90 Å². The minimum Gasteiger partial charge on any atom is -0.491 e. The Balaban J connectivity index is 1.32. The van der Waals surface area contributed by atoms with Crippen LogP contribution in [0.1, 0.15) is 25.0 Å². The van der Waals surface area contributed by atoms with Crippen LogP contribution < -0.4 is 9.64 Å². The van der Waals surface area contributed by atoms with E-state index in [-0.39, 0.29) is 12.0 Å². The molecule has 1 amide bonds. The maximum Gasteiger partial charge on any atom is 0.286 e. The quantitative estimate of drug-likeness (QED) is 0.753. The number of aliphatic imine (C=N–C) groups is 1. The highest BCUT2D eigenvalue weighted by Gasteiger charge is 2.29.